The van der Waals surface area contributed by atoms with Gasteiger partial charge in [-0.1, -0.05) is 51.3 Å². The van der Waals surface area contributed by atoms with E-state index in [1.165, 1.54) is 6.42 Å². The van der Waals surface area contributed by atoms with Crippen LogP contribution in [0.25, 0.3) is 0 Å². The number of benzene rings is 2. The first kappa shape index (κ1) is 31.0. The average molecular weight is 573 g/mol. The number of hydrogen-bond donors (Lipinski definition) is 1. The number of nitrogens with zero attached hydrogens (tertiary/aromatic N) is 5. The van der Waals surface area contributed by atoms with Crippen LogP contribution in [0.3, 0.4) is 0 Å². The number of ether oxygens (including phenoxy) is 1. The zero-order valence-electron chi connectivity index (χ0n) is 25.6. The molecule has 1 N–H and O–H groups in total. The fourth-order valence-corrected chi connectivity index (χ4v) is 5.52. The van der Waals surface area contributed by atoms with Crippen molar-refractivity contribution >= 4 is 29.3 Å². The molecule has 1 aliphatic carbocycles. The van der Waals surface area contributed by atoms with Crippen LogP contribution in [0.4, 0.5) is 22.1 Å². The lowest BCUT2D eigenvalue weighted by atomic mass is 9.93. The van der Waals surface area contributed by atoms with Gasteiger partial charge in [-0.15, -0.1) is 0 Å². The molecule has 0 unspecified atom stereocenters. The summed E-state index contributed by atoms with van der Waals surface area (Å²) < 4.78 is 5.85. The van der Waals surface area contributed by atoms with Gasteiger partial charge >= 0.3 is 6.09 Å². The molecule has 224 valence electrons. The van der Waals surface area contributed by atoms with Gasteiger partial charge in [-0.05, 0) is 75.2 Å². The molecule has 0 radical (unpaired) electrons. The summed E-state index contributed by atoms with van der Waals surface area (Å²) in [4.78, 5) is 41.1. The fourth-order valence-electron chi connectivity index (χ4n) is 5.52. The fraction of sp³-hybridized carbons (Fsp3) is 0.455. The van der Waals surface area contributed by atoms with Crippen molar-refractivity contribution in [3.8, 4) is 5.88 Å². The first-order chi connectivity index (χ1) is 20.3. The van der Waals surface area contributed by atoms with Gasteiger partial charge in [0.15, 0.2) is 0 Å². The number of aromatic nitrogens is 2. The van der Waals surface area contributed by atoms with E-state index in [0.29, 0.717) is 18.1 Å². The van der Waals surface area contributed by atoms with Crippen LogP contribution in [-0.2, 0) is 0 Å². The highest BCUT2D eigenvalue weighted by atomic mass is 16.6. The lowest BCUT2D eigenvalue weighted by Gasteiger charge is -2.35. The smallest absolute Gasteiger partial charge is 0.391 e. The summed E-state index contributed by atoms with van der Waals surface area (Å²) in [6.07, 6.45) is 6.40. The van der Waals surface area contributed by atoms with Crippen LogP contribution < -0.4 is 15.0 Å². The quantitative estimate of drug-likeness (QED) is 0.277. The molecular weight excluding hydrogens is 528 g/mol. The second-order valence-corrected chi connectivity index (χ2v) is 10.9. The third-order valence-corrected chi connectivity index (χ3v) is 8.02. The van der Waals surface area contributed by atoms with Crippen molar-refractivity contribution in [3.63, 3.8) is 0 Å². The Morgan fingerprint density at radius 3 is 2.24 bits per heavy atom. The number of likely N-dealkylation sites (N-methyl/N-ethyl adjacent to an activating group) is 2. The number of aryl methyl sites for hydroxylation is 2. The van der Waals surface area contributed by atoms with Gasteiger partial charge in [-0.3, -0.25) is 9.69 Å². The maximum Gasteiger partial charge on any atom is 0.421 e. The van der Waals surface area contributed by atoms with Gasteiger partial charge in [-0.2, -0.15) is 4.98 Å². The zero-order chi connectivity index (χ0) is 30.1. The molecule has 9 nitrogen and oxygen atoms in total. The average Bonchev–Trinajstić information content (AvgIpc) is 3.00. The summed E-state index contributed by atoms with van der Waals surface area (Å²) in [5.74, 6) is 0.448. The van der Waals surface area contributed by atoms with Crippen molar-refractivity contribution in [3.05, 3.63) is 71.4 Å². The predicted octanol–water partition coefficient (Wildman–Crippen LogP) is 6.59. The van der Waals surface area contributed by atoms with Crippen molar-refractivity contribution in [2.45, 2.75) is 65.8 Å². The van der Waals surface area contributed by atoms with Gasteiger partial charge < -0.3 is 19.9 Å². The molecule has 1 fully saturated rings. The maximum atomic E-state index is 13.6. The number of hydrogen-bond acceptors (Lipinski definition) is 7. The number of amides is 2. The van der Waals surface area contributed by atoms with E-state index >= 15 is 0 Å². The summed E-state index contributed by atoms with van der Waals surface area (Å²) in [6, 6.07) is 15.0. The summed E-state index contributed by atoms with van der Waals surface area (Å²) in [5.41, 5.74) is 4.33. The number of carbonyl (C=O) groups excluding carboxylic acids is 2. The first-order valence-corrected chi connectivity index (χ1v) is 15.1. The topological polar surface area (TPSA) is 90.9 Å². The number of nitrogens with one attached hydrogen (secondary N) is 1. The molecule has 1 aliphatic rings. The Balaban J connectivity index is 1.43. The molecule has 3 aromatic rings. The van der Waals surface area contributed by atoms with Gasteiger partial charge in [-0.25, -0.2) is 9.78 Å². The lowest BCUT2D eigenvalue weighted by Crippen LogP contribution is -2.44. The standard InChI is InChI=1S/C33H44N6O3/c1-6-38(7-2)23-22-37(5)31(40)26-16-18-27(19-17-26)35-32-34-21-20-29(36-32)42-33(41)39(28-14-9-8-10-15-28)30-24(3)12-11-13-25(30)4/h11-13,16-21,28H,6-10,14-15,22-23H2,1-5H3,(H,34,35,36). The van der Waals surface area contributed by atoms with E-state index in [1.807, 2.05) is 56.1 Å². The second-order valence-electron chi connectivity index (χ2n) is 10.9. The van der Waals surface area contributed by atoms with Crippen LogP contribution in [0.1, 0.15) is 67.4 Å². The maximum absolute atomic E-state index is 13.6. The number of para-hydroxylation sites is 1. The zero-order valence-corrected chi connectivity index (χ0v) is 25.6. The van der Waals surface area contributed by atoms with Crippen LogP contribution in [-0.4, -0.2) is 71.0 Å². The molecule has 0 spiro atoms. The molecule has 1 aromatic heterocycles. The monoisotopic (exact) mass is 572 g/mol. The number of anilines is 3. The molecule has 0 saturated heterocycles. The van der Waals surface area contributed by atoms with Crippen molar-refractivity contribution in [1.29, 1.82) is 0 Å². The van der Waals surface area contributed by atoms with Gasteiger partial charge in [0.05, 0.1) is 5.69 Å². The normalized spacial score (nSPS) is 13.6. The minimum absolute atomic E-state index is 0.0229. The Morgan fingerprint density at radius 2 is 1.60 bits per heavy atom. The lowest BCUT2D eigenvalue weighted by molar-refractivity contribution is 0.0779. The molecule has 42 heavy (non-hydrogen) atoms. The van der Waals surface area contributed by atoms with Gasteiger partial charge in [0.25, 0.3) is 5.91 Å². The van der Waals surface area contributed by atoms with Crippen molar-refractivity contribution < 1.29 is 14.3 Å². The minimum Gasteiger partial charge on any atom is -0.391 e. The highest BCUT2D eigenvalue weighted by molar-refractivity contribution is 5.94. The number of carbonyl (C=O) groups is 2. The third kappa shape index (κ3) is 7.85. The van der Waals surface area contributed by atoms with Gasteiger partial charge in [0.2, 0.25) is 11.8 Å². The third-order valence-electron chi connectivity index (χ3n) is 8.02. The van der Waals surface area contributed by atoms with Crippen LogP contribution in [0, 0.1) is 13.8 Å². The van der Waals surface area contributed by atoms with E-state index in [2.05, 4.69) is 34.0 Å². The van der Waals surface area contributed by atoms with E-state index in [0.717, 1.165) is 67.8 Å². The van der Waals surface area contributed by atoms with Crippen LogP contribution in [0.5, 0.6) is 5.88 Å². The molecule has 9 heteroatoms. The van der Waals surface area contributed by atoms with E-state index in [9.17, 15) is 9.59 Å². The summed E-state index contributed by atoms with van der Waals surface area (Å²) in [5, 5.41) is 3.15. The molecule has 0 atom stereocenters. The van der Waals surface area contributed by atoms with Crippen molar-refractivity contribution in [1.82, 2.24) is 19.8 Å². The molecular formula is C33H44N6O3. The Morgan fingerprint density at radius 1 is 0.929 bits per heavy atom. The second kappa shape index (κ2) is 14.8. The highest BCUT2D eigenvalue weighted by Crippen LogP contribution is 2.33. The molecule has 4 rings (SSSR count). The molecule has 1 saturated carbocycles. The Bertz CT molecular complexity index is 1320. The van der Waals surface area contributed by atoms with Crippen LogP contribution in [0.15, 0.2) is 54.7 Å². The van der Waals surface area contributed by atoms with Gasteiger partial charge in [0, 0.05) is 49.7 Å². The summed E-state index contributed by atoms with van der Waals surface area (Å²) >= 11 is 0. The van der Waals surface area contributed by atoms with E-state index in [-0.39, 0.29) is 17.8 Å². The molecule has 0 aliphatic heterocycles. The minimum atomic E-state index is -0.433. The summed E-state index contributed by atoms with van der Waals surface area (Å²) in [7, 11) is 1.83. The highest BCUT2D eigenvalue weighted by Gasteiger charge is 2.31. The van der Waals surface area contributed by atoms with Crippen molar-refractivity contribution in [2.75, 3.05) is 43.4 Å². The molecule has 2 aromatic carbocycles. The number of rotatable bonds is 11. The Kier molecular flexibility index (Phi) is 10.9. The van der Waals surface area contributed by atoms with E-state index in [4.69, 9.17) is 4.74 Å². The van der Waals surface area contributed by atoms with Crippen LogP contribution >= 0.6 is 0 Å². The largest absolute Gasteiger partial charge is 0.421 e. The Hall–Kier alpha value is -3.98. The first-order valence-electron chi connectivity index (χ1n) is 15.1. The molecule has 1 heterocycles. The van der Waals surface area contributed by atoms with Crippen molar-refractivity contribution in [2.24, 2.45) is 0 Å². The van der Waals surface area contributed by atoms with Crippen LogP contribution in [0.2, 0.25) is 0 Å². The van der Waals surface area contributed by atoms with E-state index < -0.39 is 6.09 Å². The Labute approximate surface area is 249 Å². The SMILES string of the molecule is CCN(CC)CCN(C)C(=O)c1ccc(Nc2nccc(OC(=O)N(c3c(C)cccc3C)C3CCCCC3)n2)cc1. The summed E-state index contributed by atoms with van der Waals surface area (Å²) in [6.45, 7) is 11.7. The van der Waals surface area contributed by atoms with E-state index in [1.54, 1.807) is 29.3 Å². The predicted molar refractivity (Wildman–Crippen MR) is 168 cm³/mol. The van der Waals surface area contributed by atoms with Gasteiger partial charge in [0.1, 0.15) is 0 Å². The molecule has 2 amide bonds. The molecule has 0 bridgehead atoms.